The van der Waals surface area contributed by atoms with E-state index in [9.17, 15) is 4.79 Å². The molecule has 0 bridgehead atoms. The Morgan fingerprint density at radius 3 is 2.25 bits per heavy atom. The van der Waals surface area contributed by atoms with Crippen LogP contribution in [0.1, 0.15) is 12.0 Å². The van der Waals surface area contributed by atoms with Gasteiger partial charge >= 0.3 is 6.09 Å². The first kappa shape index (κ1) is 17.5. The molecule has 2 atom stereocenters. The summed E-state index contributed by atoms with van der Waals surface area (Å²) in [6.45, 7) is 1.77. The van der Waals surface area contributed by atoms with Crippen LogP contribution in [0, 0.1) is 11.8 Å². The van der Waals surface area contributed by atoms with E-state index < -0.39 is 6.09 Å². The third kappa shape index (κ3) is 5.39. The molecule has 1 aliphatic rings. The van der Waals surface area contributed by atoms with Gasteiger partial charge in [0.2, 0.25) is 0 Å². The molecule has 0 aromatic heterocycles. The smallest absolute Gasteiger partial charge is 0.410 e. The van der Waals surface area contributed by atoms with Crippen molar-refractivity contribution in [2.45, 2.75) is 13.0 Å². The number of hydrogen-bond acceptors (Lipinski definition) is 4. The van der Waals surface area contributed by atoms with Crippen LogP contribution in [0.4, 0.5) is 4.79 Å². The molecule has 0 aliphatic carbocycles. The fraction of sp³-hybridized carbons (Fsp3) is 0.533. The largest absolute Gasteiger partial charge is 0.445 e. The quantitative estimate of drug-likeness (QED) is 0.446. The molecule has 0 unspecified atom stereocenters. The number of carbonyl (C=O) groups excluding carboxylic acids is 1. The normalized spacial score (nSPS) is 19.8. The Morgan fingerprint density at radius 2 is 1.71 bits per heavy atom. The fourth-order valence-corrected chi connectivity index (χ4v) is 2.85. The number of azide groups is 2. The van der Waals surface area contributed by atoms with E-state index in [0.717, 1.165) is 12.0 Å². The number of benzene rings is 1. The van der Waals surface area contributed by atoms with Crippen molar-refractivity contribution >= 4 is 6.09 Å². The highest BCUT2D eigenvalue weighted by molar-refractivity contribution is 5.67. The van der Waals surface area contributed by atoms with Gasteiger partial charge < -0.3 is 9.64 Å². The van der Waals surface area contributed by atoms with Gasteiger partial charge in [-0.1, -0.05) is 40.6 Å². The summed E-state index contributed by atoms with van der Waals surface area (Å²) in [5.74, 6) is 0.0793. The molecule has 1 aromatic rings. The number of piperidine rings is 1. The maximum Gasteiger partial charge on any atom is 0.410 e. The van der Waals surface area contributed by atoms with Crippen LogP contribution >= 0.6 is 0 Å². The Bertz CT molecular complexity index is 610. The highest BCUT2D eigenvalue weighted by atomic mass is 16.6. The lowest BCUT2D eigenvalue weighted by atomic mass is 9.89. The van der Waals surface area contributed by atoms with Gasteiger partial charge in [-0.05, 0) is 34.9 Å². The van der Waals surface area contributed by atoms with Gasteiger partial charge in [0.25, 0.3) is 0 Å². The van der Waals surface area contributed by atoms with Gasteiger partial charge in [-0.2, -0.15) is 0 Å². The zero-order valence-corrected chi connectivity index (χ0v) is 13.2. The Morgan fingerprint density at radius 1 is 1.12 bits per heavy atom. The van der Waals surface area contributed by atoms with Crippen LogP contribution in [0.25, 0.3) is 20.9 Å². The van der Waals surface area contributed by atoms with Crippen LogP contribution in [-0.4, -0.2) is 37.2 Å². The zero-order chi connectivity index (χ0) is 17.2. The lowest BCUT2D eigenvalue weighted by Gasteiger charge is -2.36. The van der Waals surface area contributed by atoms with Crippen molar-refractivity contribution in [3.8, 4) is 0 Å². The first-order chi connectivity index (χ1) is 11.7. The standard InChI is InChI=1S/C15H19N7O2/c16-20-18-7-13-6-14(8-19-21-17)10-22(9-13)15(23)24-11-12-4-2-1-3-5-12/h1-5,13-14H,6-11H2/t13-,14+. The van der Waals surface area contributed by atoms with Crippen molar-refractivity contribution < 1.29 is 9.53 Å². The van der Waals surface area contributed by atoms with E-state index in [1.807, 2.05) is 30.3 Å². The van der Waals surface area contributed by atoms with Gasteiger partial charge in [0.05, 0.1) is 0 Å². The second-order valence-corrected chi connectivity index (χ2v) is 5.74. The van der Waals surface area contributed by atoms with Crippen molar-refractivity contribution in [3.63, 3.8) is 0 Å². The number of likely N-dealkylation sites (tertiary alicyclic amines) is 1. The third-order valence-electron chi connectivity index (χ3n) is 3.89. The average Bonchev–Trinajstić information content (AvgIpc) is 2.63. The van der Waals surface area contributed by atoms with Crippen molar-refractivity contribution in [1.82, 2.24) is 4.90 Å². The number of amides is 1. The van der Waals surface area contributed by atoms with E-state index in [0.29, 0.717) is 26.2 Å². The molecule has 0 radical (unpaired) electrons. The maximum absolute atomic E-state index is 12.3. The summed E-state index contributed by atoms with van der Waals surface area (Å²) in [5, 5.41) is 7.19. The zero-order valence-electron chi connectivity index (χ0n) is 13.2. The van der Waals surface area contributed by atoms with Crippen molar-refractivity contribution in [2.75, 3.05) is 26.2 Å². The maximum atomic E-state index is 12.3. The van der Waals surface area contributed by atoms with Crippen LogP contribution in [0.2, 0.25) is 0 Å². The van der Waals surface area contributed by atoms with Crippen LogP contribution in [0.15, 0.2) is 40.6 Å². The molecule has 1 amide bonds. The van der Waals surface area contributed by atoms with Gasteiger partial charge in [0.15, 0.2) is 0 Å². The van der Waals surface area contributed by atoms with E-state index >= 15 is 0 Å². The van der Waals surface area contributed by atoms with Gasteiger partial charge in [-0.25, -0.2) is 4.79 Å². The monoisotopic (exact) mass is 329 g/mol. The second kappa shape index (κ2) is 9.29. The topological polar surface area (TPSA) is 127 Å². The first-order valence-corrected chi connectivity index (χ1v) is 7.70. The predicted octanol–water partition coefficient (Wildman–Crippen LogP) is 3.88. The van der Waals surface area contributed by atoms with Gasteiger partial charge in [0.1, 0.15) is 6.61 Å². The van der Waals surface area contributed by atoms with E-state index in [2.05, 4.69) is 20.1 Å². The van der Waals surface area contributed by atoms with E-state index in [1.165, 1.54) is 0 Å². The number of carbonyl (C=O) groups is 1. The molecule has 1 aromatic carbocycles. The van der Waals surface area contributed by atoms with Crippen LogP contribution in [0.3, 0.4) is 0 Å². The number of nitrogens with zero attached hydrogens (tertiary/aromatic N) is 7. The molecule has 0 N–H and O–H groups in total. The molecule has 9 nitrogen and oxygen atoms in total. The van der Waals surface area contributed by atoms with E-state index in [4.69, 9.17) is 15.8 Å². The highest BCUT2D eigenvalue weighted by Crippen LogP contribution is 2.23. The Labute approximate surface area is 139 Å². The van der Waals surface area contributed by atoms with E-state index in [-0.39, 0.29) is 18.4 Å². The summed E-state index contributed by atoms with van der Waals surface area (Å²) in [6, 6.07) is 9.44. The summed E-state index contributed by atoms with van der Waals surface area (Å²) < 4.78 is 5.35. The molecule has 0 spiro atoms. The number of hydrogen-bond donors (Lipinski definition) is 0. The summed E-state index contributed by atoms with van der Waals surface area (Å²) >= 11 is 0. The average molecular weight is 329 g/mol. The van der Waals surface area contributed by atoms with Crippen molar-refractivity contribution in [1.29, 1.82) is 0 Å². The molecule has 1 saturated heterocycles. The fourth-order valence-electron chi connectivity index (χ4n) is 2.85. The second-order valence-electron chi connectivity index (χ2n) is 5.74. The summed E-state index contributed by atoms with van der Waals surface area (Å²) in [5.41, 5.74) is 17.9. The summed E-state index contributed by atoms with van der Waals surface area (Å²) in [6.07, 6.45) is 0.343. The Hall–Kier alpha value is -2.89. The highest BCUT2D eigenvalue weighted by Gasteiger charge is 2.30. The molecule has 24 heavy (non-hydrogen) atoms. The molecule has 1 heterocycles. The minimum absolute atomic E-state index is 0.0396. The molecule has 126 valence electrons. The molecule has 1 fully saturated rings. The molecular formula is C15H19N7O2. The number of rotatable bonds is 6. The number of ether oxygens (including phenoxy) is 1. The minimum atomic E-state index is -0.407. The predicted molar refractivity (Wildman–Crippen MR) is 87.8 cm³/mol. The van der Waals surface area contributed by atoms with Gasteiger partial charge in [-0.3, -0.25) is 0 Å². The Kier molecular flexibility index (Phi) is 6.76. The van der Waals surface area contributed by atoms with Gasteiger partial charge in [-0.15, -0.1) is 0 Å². The van der Waals surface area contributed by atoms with Crippen LogP contribution in [-0.2, 0) is 11.3 Å². The van der Waals surface area contributed by atoms with Crippen molar-refractivity contribution in [3.05, 3.63) is 56.8 Å². The SMILES string of the molecule is [N-]=[N+]=NC[C@@H]1C[C@H](CN=[N+]=[N-])CN(C(=O)OCc2ccccc2)C1. The Balaban J connectivity index is 1.95. The van der Waals surface area contributed by atoms with Gasteiger partial charge in [0, 0.05) is 36.0 Å². The first-order valence-electron chi connectivity index (χ1n) is 7.70. The van der Waals surface area contributed by atoms with Crippen LogP contribution < -0.4 is 0 Å². The van der Waals surface area contributed by atoms with Crippen molar-refractivity contribution in [2.24, 2.45) is 22.1 Å². The molecule has 9 heteroatoms. The lowest BCUT2D eigenvalue weighted by Crippen LogP contribution is -2.45. The molecule has 1 aliphatic heterocycles. The lowest BCUT2D eigenvalue weighted by molar-refractivity contribution is 0.0669. The van der Waals surface area contributed by atoms with Crippen LogP contribution in [0.5, 0.6) is 0 Å². The molecule has 0 saturated carbocycles. The molecule has 2 rings (SSSR count). The summed E-state index contributed by atoms with van der Waals surface area (Å²) in [4.78, 5) is 19.4. The minimum Gasteiger partial charge on any atom is -0.445 e. The third-order valence-corrected chi connectivity index (χ3v) is 3.89. The molecular weight excluding hydrogens is 310 g/mol. The van der Waals surface area contributed by atoms with E-state index in [1.54, 1.807) is 4.90 Å². The summed E-state index contributed by atoms with van der Waals surface area (Å²) in [7, 11) is 0.